The Hall–Kier alpha value is -2.74. The van der Waals surface area contributed by atoms with Crippen molar-refractivity contribution in [2.24, 2.45) is 0 Å². The smallest absolute Gasteiger partial charge is 0.270 e. The number of aromatic amines is 1. The Bertz CT molecular complexity index is 1070. The molecule has 8 heteroatoms. The standard InChI is InChI=1S/C20H16BrF2N3O2/c21-14-2-4-17-13(9-14)11-18(24-17)20(28)26-7-5-25(6-8-26)19(27)12-1-3-15(22)16(23)10-12/h1-4,9-11,24H,5-8H2. The van der Waals surface area contributed by atoms with Crippen molar-refractivity contribution in [1.29, 1.82) is 0 Å². The molecule has 4 rings (SSSR count). The molecule has 0 bridgehead atoms. The molecule has 144 valence electrons. The Labute approximate surface area is 168 Å². The van der Waals surface area contributed by atoms with Crippen LogP contribution in [0.5, 0.6) is 0 Å². The average molecular weight is 448 g/mol. The molecule has 2 heterocycles. The molecule has 1 saturated heterocycles. The largest absolute Gasteiger partial charge is 0.351 e. The van der Waals surface area contributed by atoms with Gasteiger partial charge in [0, 0.05) is 47.1 Å². The van der Waals surface area contributed by atoms with E-state index in [9.17, 15) is 18.4 Å². The summed E-state index contributed by atoms with van der Waals surface area (Å²) in [5.74, 6) is -2.55. The first-order valence-corrected chi connectivity index (χ1v) is 9.53. The van der Waals surface area contributed by atoms with E-state index in [1.54, 1.807) is 15.9 Å². The lowest BCUT2D eigenvalue weighted by Crippen LogP contribution is -2.50. The van der Waals surface area contributed by atoms with Gasteiger partial charge in [-0.3, -0.25) is 9.59 Å². The quantitative estimate of drug-likeness (QED) is 0.649. The molecular weight excluding hydrogens is 432 g/mol. The third kappa shape index (κ3) is 3.52. The zero-order valence-corrected chi connectivity index (χ0v) is 16.3. The number of nitrogens with one attached hydrogen (secondary N) is 1. The highest BCUT2D eigenvalue weighted by molar-refractivity contribution is 9.10. The Kier molecular flexibility index (Phi) is 4.89. The monoisotopic (exact) mass is 447 g/mol. The van der Waals surface area contributed by atoms with Crippen molar-refractivity contribution in [3.63, 3.8) is 0 Å². The summed E-state index contributed by atoms with van der Waals surface area (Å²) in [7, 11) is 0. The van der Waals surface area contributed by atoms with E-state index in [1.807, 2.05) is 18.2 Å². The summed E-state index contributed by atoms with van der Waals surface area (Å²) >= 11 is 3.41. The first-order chi connectivity index (χ1) is 13.4. The van der Waals surface area contributed by atoms with Crippen LogP contribution in [0.25, 0.3) is 10.9 Å². The van der Waals surface area contributed by atoms with Crippen LogP contribution in [0, 0.1) is 11.6 Å². The maximum absolute atomic E-state index is 13.4. The van der Waals surface area contributed by atoms with Crippen LogP contribution in [-0.4, -0.2) is 52.8 Å². The van der Waals surface area contributed by atoms with Crippen molar-refractivity contribution < 1.29 is 18.4 Å². The Morgan fingerprint density at radius 1 is 0.857 bits per heavy atom. The molecule has 1 aromatic heterocycles. The molecule has 0 saturated carbocycles. The molecule has 0 atom stereocenters. The second kappa shape index (κ2) is 7.35. The van der Waals surface area contributed by atoms with E-state index in [1.165, 1.54) is 6.07 Å². The highest BCUT2D eigenvalue weighted by Crippen LogP contribution is 2.22. The fourth-order valence-electron chi connectivity index (χ4n) is 3.31. The van der Waals surface area contributed by atoms with Gasteiger partial charge in [0.2, 0.25) is 0 Å². The number of hydrogen-bond acceptors (Lipinski definition) is 2. The summed E-state index contributed by atoms with van der Waals surface area (Å²) in [6.45, 7) is 1.39. The number of aromatic nitrogens is 1. The van der Waals surface area contributed by atoms with E-state index >= 15 is 0 Å². The first-order valence-electron chi connectivity index (χ1n) is 8.74. The number of benzene rings is 2. The van der Waals surface area contributed by atoms with Crippen molar-refractivity contribution in [2.75, 3.05) is 26.2 Å². The predicted octanol–water partition coefficient (Wildman–Crippen LogP) is 3.81. The molecule has 28 heavy (non-hydrogen) atoms. The fourth-order valence-corrected chi connectivity index (χ4v) is 3.69. The van der Waals surface area contributed by atoms with Crippen LogP contribution in [0.1, 0.15) is 20.8 Å². The Morgan fingerprint density at radius 2 is 1.54 bits per heavy atom. The summed E-state index contributed by atoms with van der Waals surface area (Å²) < 4.78 is 27.4. The maximum Gasteiger partial charge on any atom is 0.270 e. The van der Waals surface area contributed by atoms with Gasteiger partial charge in [0.1, 0.15) is 5.69 Å². The molecule has 0 spiro atoms. The molecular formula is C20H16BrF2N3O2. The Morgan fingerprint density at radius 3 is 2.21 bits per heavy atom. The number of rotatable bonds is 2. The number of nitrogens with zero attached hydrogens (tertiary/aromatic N) is 2. The molecule has 0 unspecified atom stereocenters. The molecule has 1 aliphatic rings. The van der Waals surface area contributed by atoms with Gasteiger partial charge in [-0.05, 0) is 42.5 Å². The van der Waals surface area contributed by atoms with Gasteiger partial charge in [0.05, 0.1) is 0 Å². The van der Waals surface area contributed by atoms with Crippen LogP contribution < -0.4 is 0 Å². The molecule has 2 aromatic carbocycles. The highest BCUT2D eigenvalue weighted by Gasteiger charge is 2.26. The van der Waals surface area contributed by atoms with E-state index in [0.29, 0.717) is 31.9 Å². The van der Waals surface area contributed by atoms with Crippen LogP contribution in [0.2, 0.25) is 0 Å². The first kappa shape index (κ1) is 18.6. The van der Waals surface area contributed by atoms with Crippen molar-refractivity contribution in [3.05, 3.63) is 69.8 Å². The number of H-pyrrole nitrogens is 1. The zero-order chi connectivity index (χ0) is 19.8. The minimum atomic E-state index is -1.05. The van der Waals surface area contributed by atoms with Crippen LogP contribution in [0.3, 0.4) is 0 Å². The van der Waals surface area contributed by atoms with Gasteiger partial charge in [-0.15, -0.1) is 0 Å². The number of carbonyl (C=O) groups excluding carboxylic acids is 2. The Balaban J connectivity index is 1.43. The maximum atomic E-state index is 13.4. The van der Waals surface area contributed by atoms with Gasteiger partial charge < -0.3 is 14.8 Å². The molecule has 0 aliphatic carbocycles. The summed E-state index contributed by atoms with van der Waals surface area (Å²) in [6.07, 6.45) is 0. The number of fused-ring (bicyclic) bond motifs is 1. The zero-order valence-electron chi connectivity index (χ0n) is 14.7. The minimum Gasteiger partial charge on any atom is -0.351 e. The van der Waals surface area contributed by atoms with Gasteiger partial charge in [-0.1, -0.05) is 15.9 Å². The van der Waals surface area contributed by atoms with E-state index in [2.05, 4.69) is 20.9 Å². The van der Waals surface area contributed by atoms with Gasteiger partial charge in [0.25, 0.3) is 11.8 Å². The SMILES string of the molecule is O=C(c1ccc(F)c(F)c1)N1CCN(C(=O)c2cc3cc(Br)ccc3[nH]2)CC1. The summed E-state index contributed by atoms with van der Waals surface area (Å²) in [4.78, 5) is 31.6. The van der Waals surface area contributed by atoms with Crippen LogP contribution in [0.15, 0.2) is 46.9 Å². The van der Waals surface area contributed by atoms with Crippen LogP contribution in [0.4, 0.5) is 8.78 Å². The number of piperazine rings is 1. The van der Waals surface area contributed by atoms with E-state index in [4.69, 9.17) is 0 Å². The fraction of sp³-hybridized carbons (Fsp3) is 0.200. The second-order valence-corrected chi connectivity index (χ2v) is 7.54. The van der Waals surface area contributed by atoms with Crippen LogP contribution >= 0.6 is 15.9 Å². The molecule has 1 fully saturated rings. The summed E-state index contributed by atoms with van der Waals surface area (Å²) in [6, 6.07) is 10.6. The number of carbonyl (C=O) groups is 2. The lowest BCUT2D eigenvalue weighted by atomic mass is 10.1. The van der Waals surface area contributed by atoms with Gasteiger partial charge in [0.15, 0.2) is 11.6 Å². The number of amides is 2. The summed E-state index contributed by atoms with van der Waals surface area (Å²) in [5.41, 5.74) is 1.46. The van der Waals surface area contributed by atoms with Crippen molar-refractivity contribution >= 4 is 38.6 Å². The van der Waals surface area contributed by atoms with Gasteiger partial charge in [-0.25, -0.2) is 8.78 Å². The van der Waals surface area contributed by atoms with Crippen molar-refractivity contribution in [3.8, 4) is 0 Å². The van der Waals surface area contributed by atoms with E-state index in [-0.39, 0.29) is 17.4 Å². The highest BCUT2D eigenvalue weighted by atomic mass is 79.9. The lowest BCUT2D eigenvalue weighted by Gasteiger charge is -2.34. The minimum absolute atomic E-state index is 0.0971. The normalized spacial score (nSPS) is 14.5. The van der Waals surface area contributed by atoms with Crippen molar-refractivity contribution in [1.82, 2.24) is 14.8 Å². The molecule has 0 radical (unpaired) electrons. The van der Waals surface area contributed by atoms with E-state index < -0.39 is 11.6 Å². The third-order valence-corrected chi connectivity index (χ3v) is 5.33. The summed E-state index contributed by atoms with van der Waals surface area (Å²) in [5, 5.41) is 0.935. The van der Waals surface area contributed by atoms with Gasteiger partial charge in [-0.2, -0.15) is 0 Å². The average Bonchev–Trinajstić information content (AvgIpc) is 3.12. The molecule has 1 aliphatic heterocycles. The molecule has 3 aromatic rings. The molecule has 5 nitrogen and oxygen atoms in total. The number of hydrogen-bond donors (Lipinski definition) is 1. The van der Waals surface area contributed by atoms with Gasteiger partial charge >= 0.3 is 0 Å². The second-order valence-electron chi connectivity index (χ2n) is 6.63. The molecule has 1 N–H and O–H groups in total. The molecule has 2 amide bonds. The lowest BCUT2D eigenvalue weighted by molar-refractivity contribution is 0.0532. The van der Waals surface area contributed by atoms with Crippen molar-refractivity contribution in [2.45, 2.75) is 0 Å². The topological polar surface area (TPSA) is 56.4 Å². The van der Waals surface area contributed by atoms with E-state index in [0.717, 1.165) is 27.5 Å². The van der Waals surface area contributed by atoms with Crippen LogP contribution in [-0.2, 0) is 0 Å². The third-order valence-electron chi connectivity index (χ3n) is 4.83. The predicted molar refractivity (Wildman–Crippen MR) is 104 cm³/mol. The number of halogens is 3.